The number of aromatic carboxylic acids is 1. The number of rotatable bonds is 3. The van der Waals surface area contributed by atoms with Crippen molar-refractivity contribution >= 4 is 33.7 Å². The van der Waals surface area contributed by atoms with Crippen molar-refractivity contribution in [2.24, 2.45) is 0 Å². The number of halogens is 3. The molecule has 2 nitrogen and oxygen atoms in total. The van der Waals surface area contributed by atoms with Crippen LogP contribution in [-0.2, 0) is 0 Å². The molecule has 1 N–H and O–H groups in total. The quantitative estimate of drug-likeness (QED) is 0.885. The maximum absolute atomic E-state index is 13.7. The number of carbonyl (C=O) groups is 1. The van der Waals surface area contributed by atoms with Crippen LogP contribution >= 0.6 is 27.7 Å². The van der Waals surface area contributed by atoms with Gasteiger partial charge in [0.1, 0.15) is 11.6 Å². The van der Waals surface area contributed by atoms with E-state index >= 15 is 0 Å². The predicted octanol–water partition coefficient (Wildman–Crippen LogP) is 4.58. The highest BCUT2D eigenvalue weighted by Gasteiger charge is 2.15. The molecule has 6 heteroatoms. The third-order valence-electron chi connectivity index (χ3n) is 2.28. The lowest BCUT2D eigenvalue weighted by Crippen LogP contribution is -2.00. The van der Waals surface area contributed by atoms with Crippen molar-refractivity contribution in [1.29, 1.82) is 0 Å². The summed E-state index contributed by atoms with van der Waals surface area (Å²) in [7, 11) is 0. The minimum atomic E-state index is -1.36. The van der Waals surface area contributed by atoms with E-state index in [1.807, 2.05) is 0 Å². The molecule has 0 aromatic heterocycles. The first-order valence-corrected chi connectivity index (χ1v) is 6.74. The smallest absolute Gasteiger partial charge is 0.335 e. The third kappa shape index (κ3) is 3.33. The van der Waals surface area contributed by atoms with Gasteiger partial charge < -0.3 is 5.11 Å². The normalized spacial score (nSPS) is 10.5. The van der Waals surface area contributed by atoms with Gasteiger partial charge in [-0.3, -0.25) is 0 Å². The molecule has 0 aliphatic rings. The van der Waals surface area contributed by atoms with Crippen LogP contribution in [0.4, 0.5) is 8.78 Å². The van der Waals surface area contributed by atoms with Gasteiger partial charge in [0.25, 0.3) is 0 Å². The van der Waals surface area contributed by atoms with Crippen LogP contribution in [-0.4, -0.2) is 11.1 Å². The van der Waals surface area contributed by atoms with Crippen molar-refractivity contribution in [3.63, 3.8) is 0 Å². The molecular formula is C13H7BrF2O2S. The average Bonchev–Trinajstić information content (AvgIpc) is 2.35. The van der Waals surface area contributed by atoms with Gasteiger partial charge >= 0.3 is 5.97 Å². The lowest BCUT2D eigenvalue weighted by molar-refractivity contribution is 0.0695. The lowest BCUT2D eigenvalue weighted by atomic mass is 10.2. The van der Waals surface area contributed by atoms with Crippen molar-refractivity contribution in [2.75, 3.05) is 0 Å². The third-order valence-corrected chi connectivity index (χ3v) is 3.91. The fourth-order valence-electron chi connectivity index (χ4n) is 1.40. The Bertz CT molecular complexity index is 606. The zero-order valence-electron chi connectivity index (χ0n) is 9.36. The molecular weight excluding hydrogens is 338 g/mol. The SMILES string of the molecule is O=C(O)c1cc(F)c(Sc2ccc(Br)cc2)c(F)c1. The second-order valence-electron chi connectivity index (χ2n) is 3.63. The second-order valence-corrected chi connectivity index (χ2v) is 5.63. The average molecular weight is 345 g/mol. The molecule has 0 aliphatic heterocycles. The Morgan fingerprint density at radius 3 is 2.11 bits per heavy atom. The molecule has 2 rings (SSSR count). The van der Waals surface area contributed by atoms with E-state index in [1.54, 1.807) is 24.3 Å². The fourth-order valence-corrected chi connectivity index (χ4v) is 2.49. The van der Waals surface area contributed by atoms with Crippen molar-refractivity contribution in [3.05, 3.63) is 58.1 Å². The monoisotopic (exact) mass is 344 g/mol. The van der Waals surface area contributed by atoms with E-state index in [9.17, 15) is 13.6 Å². The Morgan fingerprint density at radius 2 is 1.63 bits per heavy atom. The number of hydrogen-bond acceptors (Lipinski definition) is 2. The van der Waals surface area contributed by atoms with Gasteiger partial charge in [-0.05, 0) is 36.4 Å². The summed E-state index contributed by atoms with van der Waals surface area (Å²) in [4.78, 5) is 11.1. The molecule has 0 aliphatic carbocycles. The highest BCUT2D eigenvalue weighted by molar-refractivity contribution is 9.10. The highest BCUT2D eigenvalue weighted by Crippen LogP contribution is 2.33. The fraction of sp³-hybridized carbons (Fsp3) is 0. The van der Waals surface area contributed by atoms with Crippen molar-refractivity contribution in [3.8, 4) is 0 Å². The molecule has 0 saturated carbocycles. The van der Waals surface area contributed by atoms with Crippen LogP contribution in [0.25, 0.3) is 0 Å². The zero-order valence-corrected chi connectivity index (χ0v) is 11.8. The Kier molecular flexibility index (Phi) is 4.21. The summed E-state index contributed by atoms with van der Waals surface area (Å²) in [5, 5.41) is 8.70. The minimum absolute atomic E-state index is 0.215. The van der Waals surface area contributed by atoms with E-state index in [0.29, 0.717) is 4.90 Å². The first kappa shape index (κ1) is 14.0. The number of hydrogen-bond donors (Lipinski definition) is 1. The molecule has 0 atom stereocenters. The van der Waals surface area contributed by atoms with Crippen LogP contribution in [0.2, 0.25) is 0 Å². The van der Waals surface area contributed by atoms with E-state index in [1.165, 1.54) is 0 Å². The standard InChI is InChI=1S/C13H7BrF2O2S/c14-8-1-3-9(4-2-8)19-12-10(15)5-7(13(17)18)6-11(12)16/h1-6H,(H,17,18). The first-order chi connectivity index (χ1) is 8.97. The van der Waals surface area contributed by atoms with Crippen molar-refractivity contribution in [2.45, 2.75) is 9.79 Å². The molecule has 0 unspecified atom stereocenters. The van der Waals surface area contributed by atoms with E-state index in [4.69, 9.17) is 5.11 Å². The van der Waals surface area contributed by atoms with Gasteiger partial charge in [0.05, 0.1) is 10.5 Å². The second kappa shape index (κ2) is 5.71. The first-order valence-electron chi connectivity index (χ1n) is 5.13. The van der Waals surface area contributed by atoms with Gasteiger partial charge in [0, 0.05) is 9.37 Å². The van der Waals surface area contributed by atoms with Crippen LogP contribution in [0.1, 0.15) is 10.4 Å². The Morgan fingerprint density at radius 1 is 1.11 bits per heavy atom. The molecule has 2 aromatic carbocycles. The summed E-state index contributed by atoms with van der Waals surface area (Å²) in [6.45, 7) is 0. The highest BCUT2D eigenvalue weighted by atomic mass is 79.9. The Balaban J connectivity index is 2.35. The molecule has 0 amide bonds. The molecule has 2 aromatic rings. The van der Waals surface area contributed by atoms with Crippen LogP contribution < -0.4 is 0 Å². The Labute approximate surface area is 120 Å². The number of carboxylic acids is 1. The molecule has 0 fully saturated rings. The topological polar surface area (TPSA) is 37.3 Å². The van der Waals surface area contributed by atoms with E-state index < -0.39 is 23.2 Å². The summed E-state index contributed by atoms with van der Waals surface area (Å²) in [5.41, 5.74) is -0.407. The van der Waals surface area contributed by atoms with E-state index in [0.717, 1.165) is 28.4 Å². The predicted molar refractivity (Wildman–Crippen MR) is 71.6 cm³/mol. The zero-order chi connectivity index (χ0) is 14.0. The minimum Gasteiger partial charge on any atom is -0.478 e. The van der Waals surface area contributed by atoms with Crippen LogP contribution in [0, 0.1) is 11.6 Å². The largest absolute Gasteiger partial charge is 0.478 e. The Hall–Kier alpha value is -1.40. The van der Waals surface area contributed by atoms with E-state index in [2.05, 4.69) is 15.9 Å². The summed E-state index contributed by atoms with van der Waals surface area (Å²) in [6.07, 6.45) is 0. The molecule has 0 spiro atoms. The molecule has 98 valence electrons. The molecule has 0 bridgehead atoms. The van der Waals surface area contributed by atoms with E-state index in [-0.39, 0.29) is 4.90 Å². The molecule has 19 heavy (non-hydrogen) atoms. The summed E-state index contributed by atoms with van der Waals surface area (Å²) in [5.74, 6) is -3.13. The summed E-state index contributed by atoms with van der Waals surface area (Å²) < 4.78 is 28.3. The van der Waals surface area contributed by atoms with Crippen LogP contribution in [0.5, 0.6) is 0 Å². The van der Waals surface area contributed by atoms with Gasteiger partial charge in [-0.2, -0.15) is 0 Å². The van der Waals surface area contributed by atoms with Gasteiger partial charge in [-0.1, -0.05) is 27.7 Å². The van der Waals surface area contributed by atoms with Gasteiger partial charge in [-0.25, -0.2) is 13.6 Å². The number of benzene rings is 2. The molecule has 0 saturated heterocycles. The summed E-state index contributed by atoms with van der Waals surface area (Å²) >= 11 is 4.17. The molecule has 0 radical (unpaired) electrons. The van der Waals surface area contributed by atoms with Gasteiger partial charge in [-0.15, -0.1) is 0 Å². The molecule has 0 heterocycles. The maximum atomic E-state index is 13.7. The lowest BCUT2D eigenvalue weighted by Gasteiger charge is -2.06. The summed E-state index contributed by atoms with van der Waals surface area (Å²) in [6, 6.07) is 8.55. The van der Waals surface area contributed by atoms with Gasteiger partial charge in [0.15, 0.2) is 0 Å². The van der Waals surface area contributed by atoms with Crippen molar-refractivity contribution in [1.82, 2.24) is 0 Å². The van der Waals surface area contributed by atoms with Crippen molar-refractivity contribution < 1.29 is 18.7 Å². The van der Waals surface area contributed by atoms with Crippen LogP contribution in [0.3, 0.4) is 0 Å². The van der Waals surface area contributed by atoms with Crippen LogP contribution in [0.15, 0.2) is 50.7 Å². The number of carboxylic acid groups (broad SMARTS) is 1. The van der Waals surface area contributed by atoms with Gasteiger partial charge in [0.2, 0.25) is 0 Å². The maximum Gasteiger partial charge on any atom is 0.335 e.